The molecule has 0 aromatic heterocycles. The van der Waals surface area contributed by atoms with Crippen LogP contribution in [-0.4, -0.2) is 6.54 Å². The molecule has 0 bridgehead atoms. The summed E-state index contributed by atoms with van der Waals surface area (Å²) in [5.74, 6) is 0.910. The zero-order chi connectivity index (χ0) is 8.67. The Kier molecular flexibility index (Phi) is 1.66. The molecule has 1 heteroatoms. The number of benzene rings is 1. The normalized spacial score (nSPS) is 21.2. The van der Waals surface area contributed by atoms with Gasteiger partial charge in [-0.15, -0.1) is 0 Å². The van der Waals surface area contributed by atoms with Crippen LogP contribution in [0.25, 0.3) is 0 Å². The van der Waals surface area contributed by atoms with Crippen molar-refractivity contribution in [3.8, 4) is 0 Å². The van der Waals surface area contributed by atoms with Gasteiger partial charge in [0.25, 0.3) is 0 Å². The molecule has 2 aliphatic rings. The van der Waals surface area contributed by atoms with E-state index in [2.05, 4.69) is 23.5 Å². The first kappa shape index (κ1) is 7.57. The molecule has 0 unspecified atom stereocenters. The van der Waals surface area contributed by atoms with E-state index in [9.17, 15) is 0 Å². The highest BCUT2D eigenvalue weighted by molar-refractivity contribution is 5.40. The molecule has 1 heterocycles. The fraction of sp³-hybridized carbons (Fsp3) is 0.500. The van der Waals surface area contributed by atoms with Crippen LogP contribution in [0.2, 0.25) is 0 Å². The average Bonchev–Trinajstić information content (AvgIpc) is 3.00. The highest BCUT2D eigenvalue weighted by atomic mass is 14.9. The molecule has 1 aliphatic carbocycles. The topological polar surface area (TPSA) is 12.0 Å². The molecule has 1 nitrogen and oxygen atoms in total. The minimum atomic E-state index is 0.910. The van der Waals surface area contributed by atoms with Gasteiger partial charge in [0.15, 0.2) is 0 Å². The number of nitrogens with one attached hydrogen (secondary N) is 1. The second kappa shape index (κ2) is 2.85. The van der Waals surface area contributed by atoms with Crippen LogP contribution in [0.5, 0.6) is 0 Å². The summed E-state index contributed by atoms with van der Waals surface area (Å²) >= 11 is 0. The quantitative estimate of drug-likeness (QED) is 0.686. The lowest BCUT2D eigenvalue weighted by Crippen LogP contribution is -2.24. The zero-order valence-electron chi connectivity index (χ0n) is 7.84. The van der Waals surface area contributed by atoms with E-state index in [1.54, 1.807) is 11.1 Å². The van der Waals surface area contributed by atoms with Gasteiger partial charge in [-0.25, -0.2) is 0 Å². The van der Waals surface area contributed by atoms with Gasteiger partial charge in [-0.1, -0.05) is 18.2 Å². The van der Waals surface area contributed by atoms with Crippen molar-refractivity contribution in [2.24, 2.45) is 0 Å². The van der Waals surface area contributed by atoms with Gasteiger partial charge in [0.05, 0.1) is 0 Å². The maximum absolute atomic E-state index is 3.43. The third kappa shape index (κ3) is 1.28. The molecule has 0 atom stereocenters. The standard InChI is InChI=1S/C12H15N/c1-2-10-8-13-7-6-12(10)11(3-1)9-4-5-9/h1-3,9,13H,4-8H2. The van der Waals surface area contributed by atoms with Gasteiger partial charge >= 0.3 is 0 Å². The monoisotopic (exact) mass is 173 g/mol. The Hall–Kier alpha value is -0.820. The Balaban J connectivity index is 2.07. The highest BCUT2D eigenvalue weighted by Crippen LogP contribution is 2.42. The minimum Gasteiger partial charge on any atom is -0.312 e. The van der Waals surface area contributed by atoms with Crippen LogP contribution in [0.4, 0.5) is 0 Å². The first-order chi connectivity index (χ1) is 6.45. The number of rotatable bonds is 1. The zero-order valence-corrected chi connectivity index (χ0v) is 7.84. The first-order valence-electron chi connectivity index (χ1n) is 5.26. The van der Waals surface area contributed by atoms with Crippen molar-refractivity contribution in [3.63, 3.8) is 0 Å². The fourth-order valence-corrected chi connectivity index (χ4v) is 2.34. The lowest BCUT2D eigenvalue weighted by atomic mass is 9.93. The smallest absolute Gasteiger partial charge is 0.0208 e. The minimum absolute atomic E-state index is 0.910. The summed E-state index contributed by atoms with van der Waals surface area (Å²) in [7, 11) is 0. The summed E-state index contributed by atoms with van der Waals surface area (Å²) in [4.78, 5) is 0. The molecule has 1 saturated carbocycles. The van der Waals surface area contributed by atoms with Gasteiger partial charge < -0.3 is 5.32 Å². The van der Waals surface area contributed by atoms with Crippen molar-refractivity contribution in [3.05, 3.63) is 34.9 Å². The summed E-state index contributed by atoms with van der Waals surface area (Å²) in [6.07, 6.45) is 4.08. The molecule has 1 N–H and O–H groups in total. The Morgan fingerprint density at radius 3 is 3.00 bits per heavy atom. The predicted molar refractivity (Wildman–Crippen MR) is 53.8 cm³/mol. The summed E-state index contributed by atoms with van der Waals surface area (Å²) in [6.45, 7) is 2.24. The molecule has 13 heavy (non-hydrogen) atoms. The van der Waals surface area contributed by atoms with E-state index in [0.29, 0.717) is 0 Å². The predicted octanol–water partition coefficient (Wildman–Crippen LogP) is 2.21. The van der Waals surface area contributed by atoms with Gasteiger partial charge in [0, 0.05) is 6.54 Å². The number of fused-ring (bicyclic) bond motifs is 1. The summed E-state index contributed by atoms with van der Waals surface area (Å²) < 4.78 is 0. The summed E-state index contributed by atoms with van der Waals surface area (Å²) in [6, 6.07) is 6.83. The Bertz CT molecular complexity index is 326. The van der Waals surface area contributed by atoms with E-state index in [1.165, 1.54) is 24.8 Å². The van der Waals surface area contributed by atoms with Crippen molar-refractivity contribution >= 4 is 0 Å². The molecule has 0 spiro atoms. The molecule has 3 rings (SSSR count). The molecule has 68 valence electrons. The van der Waals surface area contributed by atoms with Gasteiger partial charge in [-0.2, -0.15) is 0 Å². The number of hydrogen-bond donors (Lipinski definition) is 1. The lowest BCUT2D eigenvalue weighted by Gasteiger charge is -2.20. The molecule has 1 aliphatic heterocycles. The van der Waals surface area contributed by atoms with Crippen LogP contribution in [0.1, 0.15) is 35.4 Å². The van der Waals surface area contributed by atoms with Crippen molar-refractivity contribution in [2.75, 3.05) is 6.54 Å². The second-order valence-electron chi connectivity index (χ2n) is 4.19. The van der Waals surface area contributed by atoms with E-state index in [0.717, 1.165) is 19.0 Å². The van der Waals surface area contributed by atoms with Crippen molar-refractivity contribution in [1.29, 1.82) is 0 Å². The van der Waals surface area contributed by atoms with Gasteiger partial charge in [-0.3, -0.25) is 0 Å². The Labute approximate surface area is 79.2 Å². The third-order valence-corrected chi connectivity index (χ3v) is 3.19. The molecule has 0 amide bonds. The van der Waals surface area contributed by atoms with Crippen LogP contribution in [0, 0.1) is 0 Å². The molecular formula is C12H15N. The van der Waals surface area contributed by atoms with E-state index in [1.807, 2.05) is 0 Å². The maximum atomic E-state index is 3.43. The first-order valence-corrected chi connectivity index (χ1v) is 5.26. The van der Waals surface area contributed by atoms with Crippen molar-refractivity contribution < 1.29 is 0 Å². The van der Waals surface area contributed by atoms with Gasteiger partial charge in [0.2, 0.25) is 0 Å². The van der Waals surface area contributed by atoms with Crippen LogP contribution in [-0.2, 0) is 13.0 Å². The molecule has 1 aromatic rings. The van der Waals surface area contributed by atoms with Crippen LogP contribution < -0.4 is 5.32 Å². The SMILES string of the molecule is c1cc2c(c(C3CC3)c1)CCNC2. The molecule has 1 fully saturated rings. The van der Waals surface area contributed by atoms with Gasteiger partial charge in [-0.05, 0) is 48.4 Å². The summed E-state index contributed by atoms with van der Waals surface area (Å²) in [5.41, 5.74) is 4.85. The molecular weight excluding hydrogens is 158 g/mol. The Morgan fingerprint density at radius 1 is 1.23 bits per heavy atom. The van der Waals surface area contributed by atoms with Crippen molar-refractivity contribution in [2.45, 2.75) is 31.7 Å². The average molecular weight is 173 g/mol. The van der Waals surface area contributed by atoms with Gasteiger partial charge in [0.1, 0.15) is 0 Å². The second-order valence-corrected chi connectivity index (χ2v) is 4.19. The third-order valence-electron chi connectivity index (χ3n) is 3.19. The number of hydrogen-bond acceptors (Lipinski definition) is 1. The lowest BCUT2D eigenvalue weighted by molar-refractivity contribution is 0.638. The van der Waals surface area contributed by atoms with E-state index in [-0.39, 0.29) is 0 Å². The van der Waals surface area contributed by atoms with Crippen LogP contribution in [0.3, 0.4) is 0 Å². The summed E-state index contributed by atoms with van der Waals surface area (Å²) in [5, 5.41) is 3.43. The van der Waals surface area contributed by atoms with E-state index < -0.39 is 0 Å². The van der Waals surface area contributed by atoms with Crippen LogP contribution >= 0.6 is 0 Å². The van der Waals surface area contributed by atoms with E-state index >= 15 is 0 Å². The molecule has 0 radical (unpaired) electrons. The Morgan fingerprint density at radius 2 is 2.15 bits per heavy atom. The van der Waals surface area contributed by atoms with Crippen molar-refractivity contribution in [1.82, 2.24) is 5.32 Å². The molecule has 0 saturated heterocycles. The maximum Gasteiger partial charge on any atom is 0.0208 e. The molecule has 1 aromatic carbocycles. The fourth-order valence-electron chi connectivity index (χ4n) is 2.34. The van der Waals surface area contributed by atoms with Crippen LogP contribution in [0.15, 0.2) is 18.2 Å². The van der Waals surface area contributed by atoms with E-state index in [4.69, 9.17) is 0 Å². The highest BCUT2D eigenvalue weighted by Gasteiger charge is 2.27. The largest absolute Gasteiger partial charge is 0.312 e.